The number of hydrogen-bond acceptors (Lipinski definition) is 2. The summed E-state index contributed by atoms with van der Waals surface area (Å²) in [6, 6.07) is 34.1. The van der Waals surface area contributed by atoms with Crippen LogP contribution in [0.4, 0.5) is 0 Å². The van der Waals surface area contributed by atoms with Gasteiger partial charge in [0, 0.05) is 5.39 Å². The van der Waals surface area contributed by atoms with E-state index in [4.69, 9.17) is 14.4 Å². The maximum Gasteiger partial charge on any atom is 0.314 e. The molecule has 138 valence electrons. The number of benzene rings is 4. The Balaban J connectivity index is 0.000000163. The molecule has 0 spiro atoms. The van der Waals surface area contributed by atoms with Gasteiger partial charge in [0.1, 0.15) is 5.75 Å². The zero-order valence-corrected chi connectivity index (χ0v) is 15.6. The minimum absolute atomic E-state index is 0.350. The van der Waals surface area contributed by atoms with Gasteiger partial charge in [-0.2, -0.15) is 0 Å². The molecule has 3 N–H and O–H groups in total. The van der Waals surface area contributed by atoms with Crippen LogP contribution in [0, 0.1) is 0 Å². The Hall–Kier alpha value is -2.91. The third-order valence-electron chi connectivity index (χ3n) is 3.65. The average Bonchev–Trinajstić information content (AvgIpc) is 2.70. The maximum absolute atomic E-state index is 9.37. The lowest BCUT2D eigenvalue weighted by molar-refractivity contribution is 0.405. The van der Waals surface area contributed by atoms with E-state index in [9.17, 15) is 5.11 Å². The molecule has 0 amide bonds. The molecule has 4 aromatic carbocycles. The molecule has 0 aliphatic carbocycles. The van der Waals surface area contributed by atoms with Crippen molar-refractivity contribution in [1.29, 1.82) is 0 Å². The summed E-state index contributed by atoms with van der Waals surface area (Å²) >= 11 is 0. The number of hydrogen-bond donors (Lipinski definition) is 3. The molecule has 0 radical (unpaired) electrons. The molecule has 5 heteroatoms. The molecule has 0 saturated heterocycles. The maximum atomic E-state index is 9.37. The fourth-order valence-corrected chi connectivity index (χ4v) is 2.47. The van der Waals surface area contributed by atoms with Gasteiger partial charge in [0.15, 0.2) is 0 Å². The van der Waals surface area contributed by atoms with Gasteiger partial charge in [0.05, 0.1) is 0 Å². The van der Waals surface area contributed by atoms with Crippen molar-refractivity contribution in [3.63, 3.8) is 0 Å². The van der Waals surface area contributed by atoms with Gasteiger partial charge in [-0.15, -0.1) is 0 Å². The Labute approximate surface area is 158 Å². The predicted molar refractivity (Wildman–Crippen MR) is 111 cm³/mol. The highest BCUT2D eigenvalue weighted by Gasteiger charge is 1.94. The summed E-state index contributed by atoms with van der Waals surface area (Å²) in [5, 5.41) is 11.4. The standard InChI is InChI=1S/C12H10.C10H8O.H3O3P/c1-3-7-11(8-4-1)12-9-5-2-6-10-12;11-10-7-3-5-8-4-1-2-6-9(8)10;1-4(2)3/h1-10H;1-7,11H;4H,(H2,1,2,3). The third-order valence-corrected chi connectivity index (χ3v) is 3.65. The third kappa shape index (κ3) is 7.08. The Morgan fingerprint density at radius 3 is 1.44 bits per heavy atom. The van der Waals surface area contributed by atoms with Gasteiger partial charge in [0.25, 0.3) is 0 Å². The molecule has 27 heavy (non-hydrogen) atoms. The van der Waals surface area contributed by atoms with Crippen LogP contribution in [0.1, 0.15) is 0 Å². The highest BCUT2D eigenvalue weighted by molar-refractivity contribution is 7.30. The number of aromatic hydroxyl groups is 1. The van der Waals surface area contributed by atoms with Gasteiger partial charge >= 0.3 is 8.25 Å². The quantitative estimate of drug-likeness (QED) is 0.394. The van der Waals surface area contributed by atoms with Crippen molar-refractivity contribution < 1.29 is 19.5 Å². The molecule has 0 atom stereocenters. The molecule has 4 nitrogen and oxygen atoms in total. The lowest BCUT2D eigenvalue weighted by atomic mass is 10.1. The van der Waals surface area contributed by atoms with Crippen molar-refractivity contribution in [3.8, 4) is 16.9 Å². The monoisotopic (exact) mass is 380 g/mol. The Morgan fingerprint density at radius 2 is 0.963 bits per heavy atom. The first-order valence-corrected chi connectivity index (χ1v) is 9.57. The van der Waals surface area contributed by atoms with Crippen LogP contribution >= 0.6 is 8.25 Å². The van der Waals surface area contributed by atoms with Crippen LogP contribution in [0.5, 0.6) is 5.75 Å². The molecule has 4 rings (SSSR count). The van der Waals surface area contributed by atoms with Crippen molar-refractivity contribution in [1.82, 2.24) is 0 Å². The van der Waals surface area contributed by atoms with E-state index in [2.05, 4.69) is 48.5 Å². The van der Waals surface area contributed by atoms with Crippen LogP contribution in [-0.4, -0.2) is 14.9 Å². The lowest BCUT2D eigenvalue weighted by Gasteiger charge is -1.98. The van der Waals surface area contributed by atoms with Gasteiger partial charge in [-0.3, -0.25) is 4.57 Å². The van der Waals surface area contributed by atoms with Crippen LogP contribution < -0.4 is 0 Å². The van der Waals surface area contributed by atoms with Crippen molar-refractivity contribution >= 4 is 19.0 Å². The second kappa shape index (κ2) is 10.9. The second-order valence-corrected chi connectivity index (χ2v) is 6.08. The van der Waals surface area contributed by atoms with E-state index in [1.165, 1.54) is 11.1 Å². The smallest absolute Gasteiger partial charge is 0.314 e. The van der Waals surface area contributed by atoms with Crippen LogP contribution in [-0.2, 0) is 4.57 Å². The molecule has 4 aromatic rings. The molecule has 0 fully saturated rings. The summed E-state index contributed by atoms with van der Waals surface area (Å²) in [6.45, 7) is 0. The first-order valence-electron chi connectivity index (χ1n) is 8.27. The van der Waals surface area contributed by atoms with Crippen molar-refractivity contribution in [2.24, 2.45) is 0 Å². The lowest BCUT2D eigenvalue weighted by Crippen LogP contribution is -1.73. The zero-order chi connectivity index (χ0) is 19.5. The van der Waals surface area contributed by atoms with E-state index in [1.807, 2.05) is 48.5 Å². The number of phenols is 1. The van der Waals surface area contributed by atoms with E-state index in [-0.39, 0.29) is 0 Å². The van der Waals surface area contributed by atoms with E-state index in [1.54, 1.807) is 6.07 Å². The van der Waals surface area contributed by atoms with Crippen molar-refractivity contribution in [2.75, 3.05) is 0 Å². The minimum Gasteiger partial charge on any atom is -0.507 e. The summed E-state index contributed by atoms with van der Waals surface area (Å²) in [7, 11) is -3.13. The summed E-state index contributed by atoms with van der Waals surface area (Å²) in [6.07, 6.45) is 0. The molecule has 0 saturated carbocycles. The van der Waals surface area contributed by atoms with E-state index in [0.29, 0.717) is 5.75 Å². The zero-order valence-electron chi connectivity index (χ0n) is 14.6. The Bertz CT molecular complexity index is 926. The van der Waals surface area contributed by atoms with E-state index >= 15 is 0 Å². The van der Waals surface area contributed by atoms with Crippen LogP contribution in [0.3, 0.4) is 0 Å². The first-order chi connectivity index (χ1) is 13.1. The molecule has 0 aromatic heterocycles. The molecule has 0 aliphatic rings. The highest BCUT2D eigenvalue weighted by atomic mass is 31.1. The summed E-state index contributed by atoms with van der Waals surface area (Å²) in [5.74, 6) is 0.350. The minimum atomic E-state index is -3.13. The van der Waals surface area contributed by atoms with Gasteiger partial charge in [-0.25, -0.2) is 0 Å². The molecule has 0 aliphatic heterocycles. The van der Waals surface area contributed by atoms with Gasteiger partial charge < -0.3 is 14.9 Å². The van der Waals surface area contributed by atoms with Crippen LogP contribution in [0.15, 0.2) is 103 Å². The van der Waals surface area contributed by atoms with Gasteiger partial charge in [-0.1, -0.05) is 97.1 Å². The van der Waals surface area contributed by atoms with Crippen molar-refractivity contribution in [3.05, 3.63) is 103 Å². The fraction of sp³-hybridized carbons (Fsp3) is 0. The SMILES string of the molecule is O=[PH](O)O.Oc1cccc2ccccc12.c1ccc(-c2ccccc2)cc1. The molecular formula is C22H21O4P. The van der Waals surface area contributed by atoms with Gasteiger partial charge in [0.2, 0.25) is 0 Å². The first kappa shape index (κ1) is 20.4. The summed E-state index contributed by atoms with van der Waals surface area (Å²) < 4.78 is 8.74. The predicted octanol–water partition coefficient (Wildman–Crippen LogP) is 5.26. The normalized spacial score (nSPS) is 9.74. The molecule has 0 unspecified atom stereocenters. The molecule has 0 bridgehead atoms. The molecular weight excluding hydrogens is 359 g/mol. The summed E-state index contributed by atoms with van der Waals surface area (Å²) in [4.78, 5) is 14.3. The number of phenolic OH excluding ortho intramolecular Hbond substituents is 1. The largest absolute Gasteiger partial charge is 0.507 e. The number of fused-ring (bicyclic) bond motifs is 1. The van der Waals surface area contributed by atoms with Crippen LogP contribution in [0.2, 0.25) is 0 Å². The Kier molecular flexibility index (Phi) is 8.27. The second-order valence-electron chi connectivity index (χ2n) is 5.51. The van der Waals surface area contributed by atoms with Crippen molar-refractivity contribution in [2.45, 2.75) is 0 Å². The topological polar surface area (TPSA) is 77.8 Å². The molecule has 0 heterocycles. The summed E-state index contributed by atoms with van der Waals surface area (Å²) in [5.41, 5.74) is 2.55. The Morgan fingerprint density at radius 1 is 0.556 bits per heavy atom. The van der Waals surface area contributed by atoms with E-state index in [0.717, 1.165) is 10.8 Å². The highest BCUT2D eigenvalue weighted by Crippen LogP contribution is 2.23. The van der Waals surface area contributed by atoms with Gasteiger partial charge in [-0.05, 0) is 22.6 Å². The van der Waals surface area contributed by atoms with Crippen LogP contribution in [0.25, 0.3) is 21.9 Å². The average molecular weight is 380 g/mol. The number of rotatable bonds is 1. The van der Waals surface area contributed by atoms with E-state index < -0.39 is 8.25 Å². The fourth-order valence-electron chi connectivity index (χ4n) is 2.47.